The Bertz CT molecular complexity index is 1090. The summed E-state index contributed by atoms with van der Waals surface area (Å²) in [4.78, 5) is 17.9. The summed E-state index contributed by atoms with van der Waals surface area (Å²) in [5, 5.41) is 9.48. The molecule has 3 aromatic heterocycles. The van der Waals surface area contributed by atoms with Gasteiger partial charge in [-0.3, -0.25) is 10.1 Å². The van der Waals surface area contributed by atoms with E-state index in [0.717, 1.165) is 10.6 Å². The van der Waals surface area contributed by atoms with Crippen LogP contribution in [0.4, 0.5) is 5.95 Å². The quantitative estimate of drug-likeness (QED) is 0.567. The van der Waals surface area contributed by atoms with Crippen LogP contribution in [0.5, 0.6) is 5.75 Å². The van der Waals surface area contributed by atoms with Gasteiger partial charge in [0, 0.05) is 0 Å². The Morgan fingerprint density at radius 2 is 2.04 bits per heavy atom. The molecule has 130 valence electrons. The fraction of sp³-hybridized carbons (Fsp3) is 0.0556. The third-order valence-electron chi connectivity index (χ3n) is 3.79. The number of halogens is 1. The lowest BCUT2D eigenvalue weighted by molar-refractivity contribution is 0.102. The van der Waals surface area contributed by atoms with Gasteiger partial charge in [0.2, 0.25) is 5.95 Å². The number of hydrogen-bond acceptors (Lipinski definition) is 5. The number of fused-ring (bicyclic) bond motifs is 1. The second-order valence-electron chi connectivity index (χ2n) is 5.37. The van der Waals surface area contributed by atoms with Gasteiger partial charge in [-0.1, -0.05) is 29.8 Å². The van der Waals surface area contributed by atoms with E-state index < -0.39 is 0 Å². The highest BCUT2D eigenvalue weighted by molar-refractivity contribution is 7.13. The molecule has 0 aliphatic heterocycles. The Labute approximate surface area is 158 Å². The molecule has 0 saturated carbocycles. The number of aromatic nitrogens is 3. The van der Waals surface area contributed by atoms with Crippen molar-refractivity contribution in [3.8, 4) is 16.3 Å². The number of ether oxygens (including phenoxy) is 1. The van der Waals surface area contributed by atoms with E-state index in [9.17, 15) is 4.79 Å². The maximum Gasteiger partial charge on any atom is 0.259 e. The monoisotopic (exact) mass is 384 g/mol. The normalized spacial score (nSPS) is 10.8. The number of nitrogens with one attached hydrogen (secondary N) is 1. The Balaban J connectivity index is 1.76. The van der Waals surface area contributed by atoms with E-state index in [1.807, 2.05) is 29.6 Å². The Kier molecular flexibility index (Phi) is 4.32. The summed E-state index contributed by atoms with van der Waals surface area (Å²) >= 11 is 7.67. The summed E-state index contributed by atoms with van der Waals surface area (Å²) in [7, 11) is 1.57. The van der Waals surface area contributed by atoms with E-state index in [-0.39, 0.29) is 11.9 Å². The topological polar surface area (TPSA) is 68.5 Å². The van der Waals surface area contributed by atoms with Crippen LogP contribution in [0.3, 0.4) is 0 Å². The Hall–Kier alpha value is -2.90. The first kappa shape index (κ1) is 16.6. The SMILES string of the molecule is COc1ccc(-c2cccs2)n2nc(NC(=O)c3ccccc3Cl)nc12. The van der Waals surface area contributed by atoms with Gasteiger partial charge in [0.05, 0.1) is 28.3 Å². The van der Waals surface area contributed by atoms with Crippen LogP contribution >= 0.6 is 22.9 Å². The van der Waals surface area contributed by atoms with Crippen molar-refractivity contribution in [3.63, 3.8) is 0 Å². The van der Waals surface area contributed by atoms with E-state index in [2.05, 4.69) is 15.4 Å². The Morgan fingerprint density at radius 1 is 1.19 bits per heavy atom. The van der Waals surface area contributed by atoms with Crippen LogP contribution in [0, 0.1) is 0 Å². The lowest BCUT2D eigenvalue weighted by Crippen LogP contribution is -2.13. The zero-order chi connectivity index (χ0) is 18.1. The molecular weight excluding hydrogens is 372 g/mol. The molecule has 3 heterocycles. The van der Waals surface area contributed by atoms with Crippen molar-refractivity contribution in [3.05, 3.63) is 64.5 Å². The minimum Gasteiger partial charge on any atom is -0.493 e. The van der Waals surface area contributed by atoms with E-state index in [4.69, 9.17) is 16.3 Å². The highest BCUT2D eigenvalue weighted by atomic mass is 35.5. The van der Waals surface area contributed by atoms with Crippen molar-refractivity contribution < 1.29 is 9.53 Å². The molecule has 0 atom stereocenters. The number of amides is 1. The second-order valence-corrected chi connectivity index (χ2v) is 6.72. The molecule has 0 spiro atoms. The zero-order valence-electron chi connectivity index (χ0n) is 13.6. The van der Waals surface area contributed by atoms with Gasteiger partial charge in [-0.05, 0) is 35.7 Å². The van der Waals surface area contributed by atoms with Crippen LogP contribution in [0.1, 0.15) is 10.4 Å². The first-order chi connectivity index (χ1) is 12.7. The second kappa shape index (κ2) is 6.78. The molecule has 0 radical (unpaired) electrons. The molecule has 0 bridgehead atoms. The maximum absolute atomic E-state index is 12.5. The number of carbonyl (C=O) groups is 1. The van der Waals surface area contributed by atoms with Crippen molar-refractivity contribution in [2.45, 2.75) is 0 Å². The molecule has 6 nitrogen and oxygen atoms in total. The predicted octanol–water partition coefficient (Wildman–Crippen LogP) is 4.37. The minimum atomic E-state index is -0.372. The molecule has 0 unspecified atom stereocenters. The van der Waals surface area contributed by atoms with E-state index >= 15 is 0 Å². The Morgan fingerprint density at radius 3 is 2.77 bits per heavy atom. The average Bonchev–Trinajstić information content (AvgIpc) is 3.30. The third-order valence-corrected chi connectivity index (χ3v) is 5.01. The van der Waals surface area contributed by atoms with E-state index in [1.54, 1.807) is 47.2 Å². The molecule has 0 aliphatic carbocycles. The molecule has 0 fully saturated rings. The third kappa shape index (κ3) is 2.91. The number of carbonyl (C=O) groups excluding carboxylic acids is 1. The minimum absolute atomic E-state index is 0.178. The van der Waals surface area contributed by atoms with Crippen molar-refractivity contribution in [1.82, 2.24) is 14.6 Å². The average molecular weight is 385 g/mol. The van der Waals surface area contributed by atoms with E-state index in [0.29, 0.717) is 22.0 Å². The first-order valence-corrected chi connectivity index (χ1v) is 8.96. The fourth-order valence-electron chi connectivity index (χ4n) is 2.58. The van der Waals surface area contributed by atoms with Crippen LogP contribution in [-0.2, 0) is 0 Å². The number of thiophene rings is 1. The molecule has 8 heteroatoms. The highest BCUT2D eigenvalue weighted by Gasteiger charge is 2.17. The predicted molar refractivity (Wildman–Crippen MR) is 102 cm³/mol. The summed E-state index contributed by atoms with van der Waals surface area (Å²) in [6, 6.07) is 14.5. The number of anilines is 1. The van der Waals surface area contributed by atoms with Crippen LogP contribution in [-0.4, -0.2) is 27.6 Å². The van der Waals surface area contributed by atoms with Gasteiger partial charge in [-0.15, -0.1) is 16.4 Å². The summed E-state index contributed by atoms with van der Waals surface area (Å²) in [6.07, 6.45) is 0. The summed E-state index contributed by atoms with van der Waals surface area (Å²) < 4.78 is 7.03. The molecule has 0 aliphatic rings. The molecule has 4 rings (SSSR count). The van der Waals surface area contributed by atoms with Crippen LogP contribution < -0.4 is 10.1 Å². The van der Waals surface area contributed by atoms with Gasteiger partial charge >= 0.3 is 0 Å². The van der Waals surface area contributed by atoms with Gasteiger partial charge in [0.15, 0.2) is 11.4 Å². The van der Waals surface area contributed by atoms with Gasteiger partial charge < -0.3 is 4.74 Å². The molecule has 1 aromatic carbocycles. The molecule has 1 N–H and O–H groups in total. The zero-order valence-corrected chi connectivity index (χ0v) is 15.2. The largest absolute Gasteiger partial charge is 0.493 e. The molecule has 0 saturated heterocycles. The number of rotatable bonds is 4. The fourth-order valence-corrected chi connectivity index (χ4v) is 3.53. The van der Waals surface area contributed by atoms with Crippen molar-refractivity contribution in [2.24, 2.45) is 0 Å². The smallest absolute Gasteiger partial charge is 0.259 e. The maximum atomic E-state index is 12.5. The van der Waals surface area contributed by atoms with Crippen molar-refractivity contribution in [2.75, 3.05) is 12.4 Å². The standard InChI is InChI=1S/C18H13ClN4O2S/c1-25-14-9-8-13(15-7-4-10-26-15)23-16(14)20-18(22-23)21-17(24)11-5-2-3-6-12(11)19/h2-10H,1H3,(H,21,22,24). The van der Waals surface area contributed by atoms with Crippen LogP contribution in [0.2, 0.25) is 5.02 Å². The number of methoxy groups -OCH3 is 1. The molecule has 1 amide bonds. The van der Waals surface area contributed by atoms with Gasteiger partial charge in [-0.25, -0.2) is 4.52 Å². The first-order valence-electron chi connectivity index (χ1n) is 7.71. The summed E-state index contributed by atoms with van der Waals surface area (Å²) in [6.45, 7) is 0. The van der Waals surface area contributed by atoms with Gasteiger partial charge in [0.1, 0.15) is 0 Å². The molecular formula is C18H13ClN4O2S. The molecule has 4 aromatic rings. The van der Waals surface area contributed by atoms with Gasteiger partial charge in [0.25, 0.3) is 5.91 Å². The molecule has 26 heavy (non-hydrogen) atoms. The number of pyridine rings is 1. The van der Waals surface area contributed by atoms with Crippen molar-refractivity contribution >= 4 is 40.4 Å². The summed E-state index contributed by atoms with van der Waals surface area (Å²) in [5.74, 6) is 0.372. The number of nitrogens with zero attached hydrogens (tertiary/aromatic N) is 3. The van der Waals surface area contributed by atoms with Crippen LogP contribution in [0.15, 0.2) is 53.9 Å². The van der Waals surface area contributed by atoms with E-state index in [1.165, 1.54) is 0 Å². The van der Waals surface area contributed by atoms with Gasteiger partial charge in [-0.2, -0.15) is 4.98 Å². The lowest BCUT2D eigenvalue weighted by Gasteiger charge is -2.05. The van der Waals surface area contributed by atoms with Crippen molar-refractivity contribution in [1.29, 1.82) is 0 Å². The highest BCUT2D eigenvalue weighted by Crippen LogP contribution is 2.29. The number of hydrogen-bond donors (Lipinski definition) is 1. The summed E-state index contributed by atoms with van der Waals surface area (Å²) in [5.41, 5.74) is 1.74. The number of benzene rings is 1. The van der Waals surface area contributed by atoms with Crippen LogP contribution in [0.25, 0.3) is 16.2 Å². The lowest BCUT2D eigenvalue weighted by atomic mass is 10.2.